The molecule has 1 aromatic carbocycles. The third-order valence-corrected chi connectivity index (χ3v) is 5.27. The number of aryl methyl sites for hydroxylation is 3. The molecule has 3 aromatic rings. The molecule has 5 nitrogen and oxygen atoms in total. The molecule has 1 saturated carbocycles. The van der Waals surface area contributed by atoms with Crippen LogP contribution in [-0.4, -0.2) is 21.0 Å². The zero-order chi connectivity index (χ0) is 19.5. The topological polar surface area (TPSA) is 62.7 Å². The van der Waals surface area contributed by atoms with E-state index >= 15 is 0 Å². The molecule has 2 aromatic heterocycles. The number of pyridine rings is 1. The van der Waals surface area contributed by atoms with Crippen molar-refractivity contribution < 1.29 is 0 Å². The fourth-order valence-electron chi connectivity index (χ4n) is 3.98. The van der Waals surface area contributed by atoms with Crippen molar-refractivity contribution in [3.63, 3.8) is 0 Å². The molecule has 0 saturated heterocycles. The van der Waals surface area contributed by atoms with Crippen LogP contribution in [0.5, 0.6) is 0 Å². The van der Waals surface area contributed by atoms with Crippen LogP contribution in [0.1, 0.15) is 42.4 Å². The van der Waals surface area contributed by atoms with Gasteiger partial charge in [0.15, 0.2) is 0 Å². The summed E-state index contributed by atoms with van der Waals surface area (Å²) < 4.78 is 0. The highest BCUT2D eigenvalue weighted by molar-refractivity contribution is 5.69. The standard InChI is InChI=1S/C23H27N5/c1-15-12-16(2)22(17(3)13-15)27-21-14-20(19-10-6-7-11-24-19)26-23(28-21)25-18-8-4-5-9-18/h6-7,10-14,18H,4-5,8-9H2,1-3H3,(H2,25,26,27,28). The molecule has 0 spiro atoms. The summed E-state index contributed by atoms with van der Waals surface area (Å²) in [6.07, 6.45) is 6.68. The van der Waals surface area contributed by atoms with Crippen LogP contribution < -0.4 is 10.6 Å². The van der Waals surface area contributed by atoms with E-state index in [1.54, 1.807) is 6.20 Å². The number of nitrogens with one attached hydrogen (secondary N) is 2. The summed E-state index contributed by atoms with van der Waals surface area (Å²) in [4.78, 5) is 14.0. The van der Waals surface area contributed by atoms with Gasteiger partial charge in [-0.3, -0.25) is 4.98 Å². The minimum Gasteiger partial charge on any atom is -0.351 e. The van der Waals surface area contributed by atoms with Crippen molar-refractivity contribution in [2.75, 3.05) is 10.6 Å². The van der Waals surface area contributed by atoms with Crippen molar-refractivity contribution in [2.24, 2.45) is 0 Å². The number of aromatic nitrogens is 3. The predicted molar refractivity (Wildman–Crippen MR) is 115 cm³/mol. The summed E-state index contributed by atoms with van der Waals surface area (Å²) in [5.41, 5.74) is 6.45. The summed E-state index contributed by atoms with van der Waals surface area (Å²) >= 11 is 0. The van der Waals surface area contributed by atoms with Gasteiger partial charge in [-0.05, 0) is 56.9 Å². The fourth-order valence-corrected chi connectivity index (χ4v) is 3.98. The fraction of sp³-hybridized carbons (Fsp3) is 0.348. The zero-order valence-electron chi connectivity index (χ0n) is 16.8. The molecule has 144 valence electrons. The van der Waals surface area contributed by atoms with E-state index in [4.69, 9.17) is 9.97 Å². The van der Waals surface area contributed by atoms with Crippen LogP contribution in [0.2, 0.25) is 0 Å². The van der Waals surface area contributed by atoms with Gasteiger partial charge in [0.05, 0.1) is 11.4 Å². The Morgan fingerprint density at radius 1 is 0.893 bits per heavy atom. The molecule has 0 unspecified atom stereocenters. The Labute approximate surface area is 166 Å². The lowest BCUT2D eigenvalue weighted by Gasteiger charge is -2.17. The van der Waals surface area contributed by atoms with Crippen LogP contribution in [0.15, 0.2) is 42.6 Å². The maximum absolute atomic E-state index is 4.76. The average Bonchev–Trinajstić information content (AvgIpc) is 3.18. The molecule has 1 fully saturated rings. The van der Waals surface area contributed by atoms with Crippen LogP contribution in [0.25, 0.3) is 11.4 Å². The van der Waals surface area contributed by atoms with Gasteiger partial charge < -0.3 is 10.6 Å². The smallest absolute Gasteiger partial charge is 0.225 e. The van der Waals surface area contributed by atoms with E-state index in [1.165, 1.54) is 42.4 Å². The van der Waals surface area contributed by atoms with E-state index < -0.39 is 0 Å². The van der Waals surface area contributed by atoms with Crippen LogP contribution >= 0.6 is 0 Å². The van der Waals surface area contributed by atoms with Crippen molar-refractivity contribution in [1.29, 1.82) is 0 Å². The van der Waals surface area contributed by atoms with Crippen molar-refractivity contribution in [2.45, 2.75) is 52.5 Å². The number of hydrogen-bond donors (Lipinski definition) is 2. The molecule has 2 heterocycles. The van der Waals surface area contributed by atoms with Crippen LogP contribution in [-0.2, 0) is 0 Å². The summed E-state index contributed by atoms with van der Waals surface area (Å²) in [7, 11) is 0. The Kier molecular flexibility index (Phi) is 5.24. The second kappa shape index (κ2) is 7.97. The van der Waals surface area contributed by atoms with Gasteiger partial charge >= 0.3 is 0 Å². The van der Waals surface area contributed by atoms with Gasteiger partial charge in [-0.15, -0.1) is 0 Å². The number of hydrogen-bond acceptors (Lipinski definition) is 5. The molecule has 4 rings (SSSR count). The van der Waals surface area contributed by atoms with Crippen LogP contribution in [0.4, 0.5) is 17.5 Å². The van der Waals surface area contributed by atoms with Crippen molar-refractivity contribution in [3.8, 4) is 11.4 Å². The first-order chi connectivity index (χ1) is 13.6. The molecular formula is C23H27N5. The van der Waals surface area contributed by atoms with E-state index in [0.717, 1.165) is 22.9 Å². The van der Waals surface area contributed by atoms with Crippen molar-refractivity contribution in [1.82, 2.24) is 15.0 Å². The van der Waals surface area contributed by atoms with Gasteiger partial charge in [-0.25, -0.2) is 4.98 Å². The molecule has 1 aliphatic rings. The molecule has 28 heavy (non-hydrogen) atoms. The van der Waals surface area contributed by atoms with E-state index in [0.29, 0.717) is 12.0 Å². The molecule has 0 radical (unpaired) electrons. The van der Waals surface area contributed by atoms with E-state index in [1.807, 2.05) is 24.3 Å². The minimum absolute atomic E-state index is 0.453. The van der Waals surface area contributed by atoms with Crippen LogP contribution in [0, 0.1) is 20.8 Å². The van der Waals surface area contributed by atoms with E-state index in [9.17, 15) is 0 Å². The molecule has 0 amide bonds. The van der Waals surface area contributed by atoms with Crippen LogP contribution in [0.3, 0.4) is 0 Å². The lowest BCUT2D eigenvalue weighted by atomic mass is 10.1. The number of nitrogens with zero attached hydrogens (tertiary/aromatic N) is 3. The van der Waals surface area contributed by atoms with Gasteiger partial charge in [0.25, 0.3) is 0 Å². The van der Waals surface area contributed by atoms with Gasteiger partial charge in [-0.1, -0.05) is 36.6 Å². The quantitative estimate of drug-likeness (QED) is 0.613. The Hall–Kier alpha value is -2.95. The number of anilines is 3. The molecule has 0 aliphatic heterocycles. The Morgan fingerprint density at radius 2 is 1.64 bits per heavy atom. The first-order valence-corrected chi connectivity index (χ1v) is 10.0. The molecule has 0 bridgehead atoms. The summed E-state index contributed by atoms with van der Waals surface area (Å²) in [6.45, 7) is 6.37. The second-order valence-electron chi connectivity index (χ2n) is 7.70. The number of rotatable bonds is 5. The highest BCUT2D eigenvalue weighted by Gasteiger charge is 2.17. The third-order valence-electron chi connectivity index (χ3n) is 5.27. The summed E-state index contributed by atoms with van der Waals surface area (Å²) in [6, 6.07) is 12.7. The lowest BCUT2D eigenvalue weighted by Crippen LogP contribution is -2.17. The number of benzene rings is 1. The van der Waals surface area contributed by atoms with Gasteiger partial charge in [-0.2, -0.15) is 4.98 Å². The first-order valence-electron chi connectivity index (χ1n) is 10.0. The van der Waals surface area contributed by atoms with Gasteiger partial charge in [0.2, 0.25) is 5.95 Å². The molecule has 1 aliphatic carbocycles. The third kappa shape index (κ3) is 4.14. The Balaban J connectivity index is 1.71. The molecule has 5 heteroatoms. The summed E-state index contributed by atoms with van der Waals surface area (Å²) in [5, 5.41) is 7.05. The van der Waals surface area contributed by atoms with E-state index in [-0.39, 0.29) is 0 Å². The SMILES string of the molecule is Cc1cc(C)c(Nc2cc(-c3ccccn3)nc(NC3CCCC3)n2)c(C)c1. The highest BCUT2D eigenvalue weighted by atomic mass is 15.2. The van der Waals surface area contributed by atoms with Gasteiger partial charge in [0.1, 0.15) is 5.82 Å². The molecule has 2 N–H and O–H groups in total. The maximum atomic E-state index is 4.76. The van der Waals surface area contributed by atoms with Crippen molar-refractivity contribution in [3.05, 3.63) is 59.3 Å². The highest BCUT2D eigenvalue weighted by Crippen LogP contribution is 2.28. The second-order valence-corrected chi connectivity index (χ2v) is 7.70. The lowest BCUT2D eigenvalue weighted by molar-refractivity contribution is 0.744. The minimum atomic E-state index is 0.453. The predicted octanol–water partition coefficient (Wildman–Crippen LogP) is 5.56. The Morgan fingerprint density at radius 3 is 2.32 bits per heavy atom. The van der Waals surface area contributed by atoms with E-state index in [2.05, 4.69) is 48.5 Å². The molecular weight excluding hydrogens is 346 g/mol. The van der Waals surface area contributed by atoms with Gasteiger partial charge in [0, 0.05) is 24.0 Å². The van der Waals surface area contributed by atoms with Crippen molar-refractivity contribution >= 4 is 17.5 Å². The largest absolute Gasteiger partial charge is 0.351 e. The average molecular weight is 374 g/mol. The first kappa shape index (κ1) is 18.4. The monoisotopic (exact) mass is 373 g/mol. The Bertz CT molecular complexity index is 939. The molecule has 0 atom stereocenters. The zero-order valence-corrected chi connectivity index (χ0v) is 16.8. The summed E-state index contributed by atoms with van der Waals surface area (Å²) in [5.74, 6) is 1.45. The normalized spacial score (nSPS) is 14.2. The maximum Gasteiger partial charge on any atom is 0.225 e.